The standard InChI is InChI=1S/C18H23N3/c1-11-6-15-16(10-20-11)17(19)4-5-18(15)21-9-14-8-12-2-3-13(14)7-12/h4-6,10,12-14,21H,2-3,7-9,19H2,1H3. The van der Waals surface area contributed by atoms with Gasteiger partial charge in [0.05, 0.1) is 0 Å². The summed E-state index contributed by atoms with van der Waals surface area (Å²) in [5.74, 6) is 2.83. The van der Waals surface area contributed by atoms with Gasteiger partial charge in [0.2, 0.25) is 0 Å². The summed E-state index contributed by atoms with van der Waals surface area (Å²) in [5, 5.41) is 5.94. The second kappa shape index (κ2) is 4.90. The van der Waals surface area contributed by atoms with E-state index in [1.54, 1.807) is 0 Å². The van der Waals surface area contributed by atoms with Gasteiger partial charge in [-0.15, -0.1) is 0 Å². The molecule has 2 aliphatic rings. The maximum atomic E-state index is 6.08. The Morgan fingerprint density at radius 2 is 2.14 bits per heavy atom. The van der Waals surface area contributed by atoms with E-state index in [1.165, 1.54) is 36.8 Å². The van der Waals surface area contributed by atoms with Crippen LogP contribution in [0.25, 0.3) is 10.8 Å². The number of rotatable bonds is 3. The van der Waals surface area contributed by atoms with Crippen LogP contribution in [0.4, 0.5) is 11.4 Å². The highest BCUT2D eigenvalue weighted by atomic mass is 14.9. The van der Waals surface area contributed by atoms with E-state index in [1.807, 2.05) is 19.2 Å². The van der Waals surface area contributed by atoms with Crippen LogP contribution in [-0.4, -0.2) is 11.5 Å². The second-order valence-corrected chi connectivity index (χ2v) is 6.89. The van der Waals surface area contributed by atoms with Gasteiger partial charge in [0.1, 0.15) is 0 Å². The second-order valence-electron chi connectivity index (χ2n) is 6.89. The molecule has 0 spiro atoms. The first-order chi connectivity index (χ1) is 10.2. The van der Waals surface area contributed by atoms with Crippen molar-refractivity contribution in [3.05, 3.63) is 30.1 Å². The molecule has 2 fully saturated rings. The predicted octanol–water partition coefficient (Wildman–Crippen LogP) is 3.97. The zero-order valence-electron chi connectivity index (χ0n) is 12.6. The number of nitrogens with one attached hydrogen (secondary N) is 1. The minimum atomic E-state index is 0.808. The number of nitrogens with zero attached hydrogens (tertiary/aromatic N) is 1. The molecule has 2 bridgehead atoms. The van der Waals surface area contributed by atoms with Crippen molar-refractivity contribution in [2.45, 2.75) is 32.6 Å². The average Bonchev–Trinajstić information content (AvgIpc) is 3.09. The SMILES string of the molecule is Cc1cc2c(NCC3CC4CCC3C4)ccc(N)c2cn1. The van der Waals surface area contributed by atoms with Crippen LogP contribution in [-0.2, 0) is 0 Å². The van der Waals surface area contributed by atoms with Crippen LogP contribution in [0.3, 0.4) is 0 Å². The number of benzene rings is 1. The summed E-state index contributed by atoms with van der Waals surface area (Å²) >= 11 is 0. The van der Waals surface area contributed by atoms with Crippen LogP contribution < -0.4 is 11.1 Å². The maximum Gasteiger partial charge on any atom is 0.0422 e. The van der Waals surface area contributed by atoms with Gasteiger partial charge >= 0.3 is 0 Å². The van der Waals surface area contributed by atoms with Crippen molar-refractivity contribution in [3.8, 4) is 0 Å². The zero-order chi connectivity index (χ0) is 14.4. The lowest BCUT2D eigenvalue weighted by Crippen LogP contribution is -2.20. The summed E-state index contributed by atoms with van der Waals surface area (Å²) in [7, 11) is 0. The van der Waals surface area contributed by atoms with Crippen LogP contribution in [0.2, 0.25) is 0 Å². The highest BCUT2D eigenvalue weighted by Crippen LogP contribution is 2.48. The van der Waals surface area contributed by atoms with Gasteiger partial charge in [0.25, 0.3) is 0 Å². The molecular formula is C18H23N3. The van der Waals surface area contributed by atoms with E-state index < -0.39 is 0 Å². The van der Waals surface area contributed by atoms with Crippen molar-refractivity contribution in [2.75, 3.05) is 17.6 Å². The minimum Gasteiger partial charge on any atom is -0.398 e. The lowest BCUT2D eigenvalue weighted by molar-refractivity contribution is 0.348. The summed E-state index contributed by atoms with van der Waals surface area (Å²) in [6.07, 6.45) is 7.70. The molecule has 3 heteroatoms. The Balaban J connectivity index is 1.58. The summed E-state index contributed by atoms with van der Waals surface area (Å²) in [6.45, 7) is 3.13. The van der Waals surface area contributed by atoms with Gasteiger partial charge in [0.15, 0.2) is 0 Å². The third kappa shape index (κ3) is 2.25. The molecule has 1 aromatic heterocycles. The number of nitrogen functional groups attached to an aromatic ring is 1. The summed E-state index contributed by atoms with van der Waals surface area (Å²) < 4.78 is 0. The largest absolute Gasteiger partial charge is 0.398 e. The first kappa shape index (κ1) is 12.9. The van der Waals surface area contributed by atoms with Crippen molar-refractivity contribution in [2.24, 2.45) is 17.8 Å². The van der Waals surface area contributed by atoms with Gasteiger partial charge in [-0.2, -0.15) is 0 Å². The topological polar surface area (TPSA) is 50.9 Å². The number of fused-ring (bicyclic) bond motifs is 3. The maximum absolute atomic E-state index is 6.08. The normalized spacial score (nSPS) is 27.4. The Morgan fingerprint density at radius 1 is 1.24 bits per heavy atom. The van der Waals surface area contributed by atoms with E-state index in [0.29, 0.717) is 0 Å². The lowest BCUT2D eigenvalue weighted by atomic mass is 9.89. The fraction of sp³-hybridized carbons (Fsp3) is 0.500. The Morgan fingerprint density at radius 3 is 2.90 bits per heavy atom. The van der Waals surface area contributed by atoms with Crippen LogP contribution >= 0.6 is 0 Å². The number of aryl methyl sites for hydroxylation is 1. The molecule has 0 aliphatic heterocycles. The number of aromatic nitrogens is 1. The number of hydrogen-bond acceptors (Lipinski definition) is 3. The van der Waals surface area contributed by atoms with Crippen molar-refractivity contribution >= 4 is 22.1 Å². The molecule has 0 radical (unpaired) electrons. The summed E-state index contributed by atoms with van der Waals surface area (Å²) in [4.78, 5) is 4.37. The van der Waals surface area contributed by atoms with Crippen molar-refractivity contribution in [1.29, 1.82) is 0 Å². The van der Waals surface area contributed by atoms with E-state index in [4.69, 9.17) is 5.73 Å². The molecule has 2 aromatic rings. The molecule has 0 saturated heterocycles. The van der Waals surface area contributed by atoms with E-state index >= 15 is 0 Å². The molecule has 4 rings (SSSR count). The Bertz CT molecular complexity index is 679. The van der Waals surface area contributed by atoms with Crippen molar-refractivity contribution in [3.63, 3.8) is 0 Å². The summed E-state index contributed by atoms with van der Waals surface area (Å²) in [6, 6.07) is 6.24. The Kier molecular flexibility index (Phi) is 3.02. The van der Waals surface area contributed by atoms with Crippen LogP contribution in [0.5, 0.6) is 0 Å². The van der Waals surface area contributed by atoms with Crippen LogP contribution in [0, 0.1) is 24.7 Å². The Labute approximate surface area is 125 Å². The Hall–Kier alpha value is -1.77. The third-order valence-electron chi connectivity index (χ3n) is 5.51. The number of anilines is 2. The quantitative estimate of drug-likeness (QED) is 0.837. The molecule has 3 atom stereocenters. The predicted molar refractivity (Wildman–Crippen MR) is 88.3 cm³/mol. The smallest absolute Gasteiger partial charge is 0.0422 e. The van der Waals surface area contributed by atoms with Gasteiger partial charge in [-0.3, -0.25) is 4.98 Å². The van der Waals surface area contributed by atoms with Gasteiger partial charge in [-0.1, -0.05) is 6.42 Å². The van der Waals surface area contributed by atoms with Gasteiger partial charge in [-0.25, -0.2) is 0 Å². The molecule has 0 amide bonds. The number of hydrogen-bond donors (Lipinski definition) is 2. The lowest BCUT2D eigenvalue weighted by Gasteiger charge is -2.23. The fourth-order valence-electron chi connectivity index (χ4n) is 4.39. The van der Waals surface area contributed by atoms with Gasteiger partial charge in [-0.05, 0) is 62.1 Å². The molecule has 1 heterocycles. The molecular weight excluding hydrogens is 258 g/mol. The van der Waals surface area contributed by atoms with Crippen molar-refractivity contribution < 1.29 is 0 Å². The molecule has 3 unspecified atom stereocenters. The molecule has 110 valence electrons. The molecule has 1 aromatic carbocycles. The molecule has 2 saturated carbocycles. The molecule has 3 nitrogen and oxygen atoms in total. The van der Waals surface area contributed by atoms with Crippen LogP contribution in [0.1, 0.15) is 31.4 Å². The van der Waals surface area contributed by atoms with Gasteiger partial charge in [0, 0.05) is 40.6 Å². The summed E-state index contributed by atoms with van der Waals surface area (Å²) in [5.41, 5.74) is 9.12. The first-order valence-electron chi connectivity index (χ1n) is 8.09. The molecule has 21 heavy (non-hydrogen) atoms. The number of pyridine rings is 1. The average molecular weight is 281 g/mol. The molecule has 3 N–H and O–H groups in total. The van der Waals surface area contributed by atoms with Gasteiger partial charge < -0.3 is 11.1 Å². The van der Waals surface area contributed by atoms with Crippen molar-refractivity contribution in [1.82, 2.24) is 4.98 Å². The highest BCUT2D eigenvalue weighted by Gasteiger charge is 2.39. The van der Waals surface area contributed by atoms with E-state index in [-0.39, 0.29) is 0 Å². The van der Waals surface area contributed by atoms with Crippen LogP contribution in [0.15, 0.2) is 24.4 Å². The van der Waals surface area contributed by atoms with E-state index in [0.717, 1.165) is 41.1 Å². The monoisotopic (exact) mass is 281 g/mol. The minimum absolute atomic E-state index is 0.808. The third-order valence-corrected chi connectivity index (χ3v) is 5.51. The van der Waals surface area contributed by atoms with E-state index in [9.17, 15) is 0 Å². The fourth-order valence-corrected chi connectivity index (χ4v) is 4.39. The molecule has 2 aliphatic carbocycles. The highest BCUT2D eigenvalue weighted by molar-refractivity contribution is 6.00. The first-order valence-corrected chi connectivity index (χ1v) is 8.09. The van der Waals surface area contributed by atoms with E-state index in [2.05, 4.69) is 22.4 Å². The number of nitrogens with two attached hydrogens (primary N) is 1. The zero-order valence-corrected chi connectivity index (χ0v) is 12.6.